The number of rotatable bonds is 6. The van der Waals surface area contributed by atoms with Crippen molar-refractivity contribution in [1.29, 1.82) is 0 Å². The van der Waals surface area contributed by atoms with Crippen LogP contribution in [-0.2, 0) is 6.54 Å². The molecule has 30 heavy (non-hydrogen) atoms. The Balaban J connectivity index is 1.76. The molecule has 2 N–H and O–H groups in total. The number of fused-ring (bicyclic) bond motifs is 1. The van der Waals surface area contributed by atoms with E-state index in [0.717, 1.165) is 44.3 Å². The van der Waals surface area contributed by atoms with Gasteiger partial charge in [0.25, 0.3) is 0 Å². The average Bonchev–Trinajstić information content (AvgIpc) is 3.08. The van der Waals surface area contributed by atoms with Crippen molar-refractivity contribution in [3.8, 4) is 22.6 Å². The smallest absolute Gasteiger partial charge is 0.222 e. The van der Waals surface area contributed by atoms with E-state index in [9.17, 15) is 5.21 Å². The van der Waals surface area contributed by atoms with Crippen LogP contribution in [0.5, 0.6) is 11.5 Å². The van der Waals surface area contributed by atoms with E-state index in [1.165, 1.54) is 0 Å². The van der Waals surface area contributed by atoms with Gasteiger partial charge in [-0.05, 0) is 37.1 Å². The van der Waals surface area contributed by atoms with Crippen LogP contribution in [0.1, 0.15) is 17.0 Å². The summed E-state index contributed by atoms with van der Waals surface area (Å²) in [5.41, 5.74) is 5.45. The van der Waals surface area contributed by atoms with Crippen LogP contribution in [0.25, 0.3) is 16.8 Å². The molecule has 0 unspecified atom stereocenters. The van der Waals surface area contributed by atoms with Gasteiger partial charge < -0.3 is 14.8 Å². The highest BCUT2D eigenvalue weighted by atomic mass is 16.5. The van der Waals surface area contributed by atoms with Crippen molar-refractivity contribution in [2.75, 3.05) is 19.5 Å². The molecule has 8 nitrogen and oxygen atoms in total. The summed E-state index contributed by atoms with van der Waals surface area (Å²) in [4.78, 5) is 4.75. The molecular weight excluding hydrogens is 382 g/mol. The Bertz CT molecular complexity index is 1200. The second kappa shape index (κ2) is 7.90. The van der Waals surface area contributed by atoms with Crippen LogP contribution in [0, 0.1) is 13.8 Å². The largest absolute Gasteiger partial charge is 0.493 e. The number of aryl methyl sites for hydroxylation is 2. The molecule has 4 aromatic rings. The van der Waals surface area contributed by atoms with Crippen molar-refractivity contribution in [1.82, 2.24) is 14.6 Å². The average molecular weight is 406 g/mol. The van der Waals surface area contributed by atoms with Gasteiger partial charge in [0.2, 0.25) is 12.4 Å². The summed E-state index contributed by atoms with van der Waals surface area (Å²) >= 11 is 0. The molecule has 0 saturated carbocycles. The van der Waals surface area contributed by atoms with Gasteiger partial charge in [-0.1, -0.05) is 6.07 Å². The van der Waals surface area contributed by atoms with Gasteiger partial charge in [0.15, 0.2) is 17.1 Å². The SMILES string of the molecule is COc1ccc(-c2c(C)nn3c(NCc4cc[n+](O)cc4)cc(C)nc23)cc1OC. The number of methoxy groups -OCH3 is 2. The lowest BCUT2D eigenvalue weighted by atomic mass is 10.1. The topological polar surface area (TPSA) is 84.8 Å². The van der Waals surface area contributed by atoms with Crippen LogP contribution in [0.15, 0.2) is 48.8 Å². The van der Waals surface area contributed by atoms with E-state index in [0.29, 0.717) is 18.0 Å². The summed E-state index contributed by atoms with van der Waals surface area (Å²) < 4.78 is 13.7. The number of ether oxygens (including phenoxy) is 2. The Hall–Kier alpha value is -3.81. The first-order chi connectivity index (χ1) is 14.5. The van der Waals surface area contributed by atoms with Crippen LogP contribution in [0.2, 0.25) is 0 Å². The fourth-order valence-electron chi connectivity index (χ4n) is 3.46. The van der Waals surface area contributed by atoms with Crippen molar-refractivity contribution in [3.63, 3.8) is 0 Å². The highest BCUT2D eigenvalue weighted by Crippen LogP contribution is 2.35. The minimum absolute atomic E-state index is 0.587. The lowest BCUT2D eigenvalue weighted by molar-refractivity contribution is -0.904. The maximum absolute atomic E-state index is 9.39. The molecule has 0 bridgehead atoms. The number of benzene rings is 1. The van der Waals surface area contributed by atoms with Crippen molar-refractivity contribution in [2.45, 2.75) is 20.4 Å². The van der Waals surface area contributed by atoms with E-state index < -0.39 is 0 Å². The zero-order valence-corrected chi connectivity index (χ0v) is 17.4. The van der Waals surface area contributed by atoms with E-state index in [1.54, 1.807) is 26.6 Å². The maximum atomic E-state index is 9.39. The maximum Gasteiger partial charge on any atom is 0.222 e. The molecule has 0 atom stereocenters. The van der Waals surface area contributed by atoms with Crippen LogP contribution < -0.4 is 19.5 Å². The van der Waals surface area contributed by atoms with Gasteiger partial charge in [-0.3, -0.25) is 5.21 Å². The summed E-state index contributed by atoms with van der Waals surface area (Å²) in [7, 11) is 3.24. The standard InChI is InChI=1S/C22H24N5O3/c1-14-11-20(23-13-16-7-9-26(28)10-8-16)27-22(24-14)21(15(2)25-27)17-5-6-18(29-3)19(12-17)30-4/h5-12,23,28H,13H2,1-4H3/q+1. The molecule has 1 aromatic carbocycles. The lowest BCUT2D eigenvalue weighted by Gasteiger charge is -2.11. The molecule has 0 radical (unpaired) electrons. The number of hydrogen-bond acceptors (Lipinski definition) is 6. The molecule has 0 fully saturated rings. The van der Waals surface area contributed by atoms with Gasteiger partial charge >= 0.3 is 0 Å². The number of pyridine rings is 1. The fraction of sp³-hybridized carbons (Fsp3) is 0.227. The highest BCUT2D eigenvalue weighted by Gasteiger charge is 2.18. The Morgan fingerprint density at radius 2 is 1.77 bits per heavy atom. The van der Waals surface area contributed by atoms with E-state index in [2.05, 4.69) is 5.32 Å². The number of anilines is 1. The van der Waals surface area contributed by atoms with Crippen molar-refractivity contribution < 1.29 is 19.4 Å². The molecule has 0 saturated heterocycles. The van der Waals surface area contributed by atoms with Crippen molar-refractivity contribution in [2.24, 2.45) is 0 Å². The predicted molar refractivity (Wildman–Crippen MR) is 112 cm³/mol. The minimum atomic E-state index is 0.587. The predicted octanol–water partition coefficient (Wildman–Crippen LogP) is 3.17. The van der Waals surface area contributed by atoms with Crippen molar-refractivity contribution in [3.05, 3.63) is 65.7 Å². The van der Waals surface area contributed by atoms with Gasteiger partial charge in [0, 0.05) is 40.7 Å². The normalized spacial score (nSPS) is 10.9. The molecule has 0 aliphatic carbocycles. The van der Waals surface area contributed by atoms with Crippen molar-refractivity contribution >= 4 is 11.5 Å². The second-order valence-corrected chi connectivity index (χ2v) is 6.99. The Morgan fingerprint density at radius 3 is 2.47 bits per heavy atom. The van der Waals surface area contributed by atoms with Crippen LogP contribution in [0.3, 0.4) is 0 Å². The van der Waals surface area contributed by atoms with Gasteiger partial charge in [-0.25, -0.2) is 4.98 Å². The van der Waals surface area contributed by atoms with Gasteiger partial charge in [0.05, 0.1) is 19.9 Å². The van der Waals surface area contributed by atoms with E-state index >= 15 is 0 Å². The zero-order chi connectivity index (χ0) is 21.3. The fourth-order valence-corrected chi connectivity index (χ4v) is 3.46. The van der Waals surface area contributed by atoms with Crippen LogP contribution in [-0.4, -0.2) is 34.0 Å². The number of aromatic nitrogens is 4. The summed E-state index contributed by atoms with van der Waals surface area (Å²) in [5.74, 6) is 2.17. The Labute approximate surface area is 174 Å². The Kier molecular flexibility index (Phi) is 5.14. The number of nitrogens with one attached hydrogen (secondary N) is 1. The van der Waals surface area contributed by atoms with Crippen LogP contribution >= 0.6 is 0 Å². The van der Waals surface area contributed by atoms with E-state index in [-0.39, 0.29) is 0 Å². The quantitative estimate of drug-likeness (QED) is 0.378. The van der Waals surface area contributed by atoms with E-state index in [1.807, 2.05) is 54.8 Å². The first kappa shape index (κ1) is 19.5. The minimum Gasteiger partial charge on any atom is -0.493 e. The molecule has 154 valence electrons. The van der Waals surface area contributed by atoms with Gasteiger partial charge in [0.1, 0.15) is 5.82 Å². The summed E-state index contributed by atoms with van der Waals surface area (Å²) in [6.07, 6.45) is 3.19. The van der Waals surface area contributed by atoms with E-state index in [4.69, 9.17) is 19.6 Å². The van der Waals surface area contributed by atoms with Crippen LogP contribution in [0.4, 0.5) is 5.82 Å². The summed E-state index contributed by atoms with van der Waals surface area (Å²) in [5, 5.41) is 17.5. The number of nitrogens with zero attached hydrogens (tertiary/aromatic N) is 4. The second-order valence-electron chi connectivity index (χ2n) is 6.99. The molecule has 0 aliphatic rings. The number of hydrogen-bond donors (Lipinski definition) is 2. The Morgan fingerprint density at radius 1 is 1.03 bits per heavy atom. The molecular formula is C22H24N5O3+. The first-order valence-electron chi connectivity index (χ1n) is 9.53. The molecule has 0 spiro atoms. The third kappa shape index (κ3) is 3.59. The lowest BCUT2D eigenvalue weighted by Crippen LogP contribution is -2.28. The highest BCUT2D eigenvalue weighted by molar-refractivity contribution is 5.82. The summed E-state index contributed by atoms with van der Waals surface area (Å²) in [6.45, 7) is 4.52. The molecule has 0 aliphatic heterocycles. The molecule has 8 heteroatoms. The third-order valence-corrected chi connectivity index (χ3v) is 4.92. The van der Waals surface area contributed by atoms with Gasteiger partial charge in [-0.15, -0.1) is 0 Å². The zero-order valence-electron chi connectivity index (χ0n) is 17.4. The molecule has 4 rings (SSSR count). The van der Waals surface area contributed by atoms with Gasteiger partial charge in [-0.2, -0.15) is 9.61 Å². The molecule has 3 heterocycles. The molecule has 0 amide bonds. The molecule has 3 aromatic heterocycles. The summed E-state index contributed by atoms with van der Waals surface area (Å²) in [6, 6.07) is 11.5. The monoisotopic (exact) mass is 406 g/mol. The third-order valence-electron chi connectivity index (χ3n) is 4.92. The first-order valence-corrected chi connectivity index (χ1v) is 9.53.